The van der Waals surface area contributed by atoms with E-state index >= 15 is 0 Å². The van der Waals surface area contributed by atoms with Gasteiger partial charge < -0.3 is 19.5 Å². The van der Waals surface area contributed by atoms with Crippen molar-refractivity contribution in [3.63, 3.8) is 0 Å². The molecule has 2 aliphatic rings. The Morgan fingerprint density at radius 1 is 1.33 bits per heavy atom. The molecule has 1 unspecified atom stereocenters. The molecular formula is C14H19NO3. The molecule has 3 rings (SSSR count). The number of hydrogen-bond acceptors (Lipinski definition) is 4. The highest BCUT2D eigenvalue weighted by Crippen LogP contribution is 2.37. The van der Waals surface area contributed by atoms with Crippen molar-refractivity contribution >= 4 is 0 Å². The van der Waals surface area contributed by atoms with Gasteiger partial charge in [-0.2, -0.15) is 0 Å². The first-order valence-corrected chi connectivity index (χ1v) is 6.38. The molecule has 2 fully saturated rings. The SMILES string of the molecule is COc1cccc(C2(C3COCCN3)COC2)c1. The fourth-order valence-electron chi connectivity index (χ4n) is 2.74. The topological polar surface area (TPSA) is 39.7 Å². The van der Waals surface area contributed by atoms with Crippen LogP contribution in [0, 0.1) is 0 Å². The predicted octanol–water partition coefficient (Wildman–Crippen LogP) is 0.952. The van der Waals surface area contributed by atoms with Crippen molar-refractivity contribution in [1.82, 2.24) is 5.32 Å². The normalized spacial score (nSPS) is 26.4. The third kappa shape index (κ3) is 1.90. The number of ether oxygens (including phenoxy) is 3. The predicted molar refractivity (Wildman–Crippen MR) is 68.1 cm³/mol. The van der Waals surface area contributed by atoms with Gasteiger partial charge in [0.25, 0.3) is 0 Å². The summed E-state index contributed by atoms with van der Waals surface area (Å²) in [6.45, 7) is 3.96. The fraction of sp³-hybridized carbons (Fsp3) is 0.571. The molecule has 2 saturated heterocycles. The molecule has 1 aromatic carbocycles. The summed E-state index contributed by atoms with van der Waals surface area (Å²) in [6, 6.07) is 8.60. The van der Waals surface area contributed by atoms with E-state index in [-0.39, 0.29) is 5.41 Å². The Labute approximate surface area is 107 Å². The van der Waals surface area contributed by atoms with Crippen LogP contribution in [0.1, 0.15) is 5.56 Å². The van der Waals surface area contributed by atoms with E-state index in [1.807, 2.05) is 12.1 Å². The van der Waals surface area contributed by atoms with Crippen LogP contribution in [0.25, 0.3) is 0 Å². The van der Waals surface area contributed by atoms with Gasteiger partial charge in [-0.1, -0.05) is 12.1 Å². The standard InChI is InChI=1S/C14H19NO3/c1-16-12-4-2-3-11(7-12)14(9-18-10-14)13-8-17-6-5-15-13/h2-4,7,13,15H,5-6,8-10H2,1H3. The lowest BCUT2D eigenvalue weighted by Crippen LogP contribution is -2.63. The van der Waals surface area contributed by atoms with Crippen LogP contribution in [0.15, 0.2) is 24.3 Å². The molecule has 0 bridgehead atoms. The van der Waals surface area contributed by atoms with E-state index in [2.05, 4.69) is 17.4 Å². The molecule has 0 saturated carbocycles. The zero-order valence-electron chi connectivity index (χ0n) is 10.6. The first-order valence-electron chi connectivity index (χ1n) is 6.38. The van der Waals surface area contributed by atoms with Crippen LogP contribution in [0.2, 0.25) is 0 Å². The van der Waals surface area contributed by atoms with Crippen molar-refractivity contribution < 1.29 is 14.2 Å². The minimum atomic E-state index is 0.0367. The zero-order chi connectivity index (χ0) is 12.4. The molecule has 2 heterocycles. The van der Waals surface area contributed by atoms with E-state index < -0.39 is 0 Å². The van der Waals surface area contributed by atoms with Gasteiger partial charge in [-0.05, 0) is 17.7 Å². The highest BCUT2D eigenvalue weighted by atomic mass is 16.5. The summed E-state index contributed by atoms with van der Waals surface area (Å²) in [5, 5.41) is 3.55. The van der Waals surface area contributed by atoms with Gasteiger partial charge in [0.1, 0.15) is 5.75 Å². The Kier molecular flexibility index (Phi) is 3.24. The van der Waals surface area contributed by atoms with Crippen LogP contribution < -0.4 is 10.1 Å². The summed E-state index contributed by atoms with van der Waals surface area (Å²) in [4.78, 5) is 0. The molecule has 0 amide bonds. The molecule has 1 aromatic rings. The lowest BCUT2D eigenvalue weighted by Gasteiger charge is -2.49. The van der Waals surface area contributed by atoms with Gasteiger partial charge in [0.15, 0.2) is 0 Å². The van der Waals surface area contributed by atoms with Crippen LogP contribution >= 0.6 is 0 Å². The average Bonchev–Trinajstić information content (AvgIpc) is 2.39. The van der Waals surface area contributed by atoms with E-state index in [4.69, 9.17) is 14.2 Å². The second-order valence-electron chi connectivity index (χ2n) is 4.96. The maximum absolute atomic E-state index is 5.59. The monoisotopic (exact) mass is 249 g/mol. The Bertz CT molecular complexity index is 411. The summed E-state index contributed by atoms with van der Waals surface area (Å²) < 4.78 is 16.4. The summed E-state index contributed by atoms with van der Waals surface area (Å²) in [5.41, 5.74) is 1.31. The number of morpholine rings is 1. The molecule has 0 aliphatic carbocycles. The van der Waals surface area contributed by atoms with Crippen LogP contribution in [0.3, 0.4) is 0 Å². The first-order chi connectivity index (χ1) is 8.85. The molecular weight excluding hydrogens is 230 g/mol. The molecule has 0 spiro atoms. The van der Waals surface area contributed by atoms with Gasteiger partial charge in [-0.25, -0.2) is 0 Å². The molecule has 4 nitrogen and oxygen atoms in total. The zero-order valence-corrected chi connectivity index (χ0v) is 10.6. The maximum atomic E-state index is 5.59. The molecule has 0 radical (unpaired) electrons. The summed E-state index contributed by atoms with van der Waals surface area (Å²) >= 11 is 0. The highest BCUT2D eigenvalue weighted by molar-refractivity contribution is 5.37. The molecule has 98 valence electrons. The van der Waals surface area contributed by atoms with Crippen molar-refractivity contribution in [1.29, 1.82) is 0 Å². The van der Waals surface area contributed by atoms with Crippen LogP contribution in [0.4, 0.5) is 0 Å². The Balaban J connectivity index is 1.89. The van der Waals surface area contributed by atoms with E-state index in [0.29, 0.717) is 6.04 Å². The van der Waals surface area contributed by atoms with Crippen molar-refractivity contribution in [3.8, 4) is 5.75 Å². The minimum Gasteiger partial charge on any atom is -0.497 e. The second kappa shape index (κ2) is 4.88. The summed E-state index contributed by atoms with van der Waals surface area (Å²) in [5.74, 6) is 0.899. The Morgan fingerprint density at radius 3 is 2.83 bits per heavy atom. The van der Waals surface area contributed by atoms with E-state index in [1.54, 1.807) is 7.11 Å². The number of nitrogens with one attached hydrogen (secondary N) is 1. The molecule has 18 heavy (non-hydrogen) atoms. The lowest BCUT2D eigenvalue weighted by atomic mass is 9.72. The van der Waals surface area contributed by atoms with Crippen LogP contribution in [-0.2, 0) is 14.9 Å². The van der Waals surface area contributed by atoms with E-state index in [0.717, 1.165) is 38.7 Å². The molecule has 1 N–H and O–H groups in total. The van der Waals surface area contributed by atoms with Crippen molar-refractivity contribution in [3.05, 3.63) is 29.8 Å². The van der Waals surface area contributed by atoms with Crippen molar-refractivity contribution in [2.45, 2.75) is 11.5 Å². The van der Waals surface area contributed by atoms with E-state index in [1.165, 1.54) is 5.56 Å². The molecule has 4 heteroatoms. The van der Waals surface area contributed by atoms with Crippen molar-refractivity contribution in [2.24, 2.45) is 0 Å². The summed E-state index contributed by atoms with van der Waals surface area (Å²) in [7, 11) is 1.70. The third-order valence-corrected chi connectivity index (χ3v) is 3.95. The molecule has 0 aromatic heterocycles. The van der Waals surface area contributed by atoms with Gasteiger partial charge in [-0.15, -0.1) is 0 Å². The number of rotatable bonds is 3. The van der Waals surface area contributed by atoms with Crippen LogP contribution in [0.5, 0.6) is 5.75 Å². The number of hydrogen-bond donors (Lipinski definition) is 1. The largest absolute Gasteiger partial charge is 0.497 e. The average molecular weight is 249 g/mol. The molecule has 1 atom stereocenters. The van der Waals surface area contributed by atoms with Gasteiger partial charge in [0.2, 0.25) is 0 Å². The van der Waals surface area contributed by atoms with Gasteiger partial charge in [0, 0.05) is 12.6 Å². The van der Waals surface area contributed by atoms with Gasteiger partial charge in [-0.3, -0.25) is 0 Å². The van der Waals surface area contributed by atoms with Crippen molar-refractivity contribution in [2.75, 3.05) is 40.1 Å². The smallest absolute Gasteiger partial charge is 0.119 e. The lowest BCUT2D eigenvalue weighted by molar-refractivity contribution is -0.101. The minimum absolute atomic E-state index is 0.0367. The van der Waals surface area contributed by atoms with E-state index in [9.17, 15) is 0 Å². The number of methoxy groups -OCH3 is 1. The molecule has 2 aliphatic heterocycles. The summed E-state index contributed by atoms with van der Waals surface area (Å²) in [6.07, 6.45) is 0. The first kappa shape index (κ1) is 12.0. The maximum Gasteiger partial charge on any atom is 0.119 e. The number of benzene rings is 1. The quantitative estimate of drug-likeness (QED) is 0.866. The van der Waals surface area contributed by atoms with Gasteiger partial charge in [0.05, 0.1) is 39.0 Å². The fourth-order valence-corrected chi connectivity index (χ4v) is 2.74. The third-order valence-electron chi connectivity index (χ3n) is 3.95. The Morgan fingerprint density at radius 2 is 2.22 bits per heavy atom. The Hall–Kier alpha value is -1.10. The van der Waals surface area contributed by atoms with Crippen LogP contribution in [-0.4, -0.2) is 46.1 Å². The highest BCUT2D eigenvalue weighted by Gasteiger charge is 2.47. The van der Waals surface area contributed by atoms with Gasteiger partial charge >= 0.3 is 0 Å². The second-order valence-corrected chi connectivity index (χ2v) is 4.96.